The van der Waals surface area contributed by atoms with Gasteiger partial charge in [0, 0.05) is 12.6 Å². The quantitative estimate of drug-likeness (QED) is 0.654. The molecule has 0 unspecified atom stereocenters. The Bertz CT molecular complexity index is 924. The molecule has 0 spiro atoms. The molecular weight excluding hydrogens is 373 g/mol. The maximum Gasteiger partial charge on any atom is 0.573 e. The summed E-state index contributed by atoms with van der Waals surface area (Å²) in [6.07, 6.45) is -3.38. The molecule has 1 heterocycles. The van der Waals surface area contributed by atoms with Crippen molar-refractivity contribution in [2.24, 2.45) is 0 Å². The molecule has 0 saturated heterocycles. The molecule has 3 rings (SSSR count). The number of ether oxygens (including phenoxy) is 1. The number of alkyl halides is 3. The van der Waals surface area contributed by atoms with E-state index in [1.807, 2.05) is 30.3 Å². The average Bonchev–Trinajstić information content (AvgIpc) is 3.13. The van der Waals surface area contributed by atoms with Crippen molar-refractivity contribution in [2.45, 2.75) is 25.7 Å². The van der Waals surface area contributed by atoms with Gasteiger partial charge in [-0.25, -0.2) is 0 Å². The van der Waals surface area contributed by atoms with Gasteiger partial charge in [0.25, 0.3) is 5.91 Å². The van der Waals surface area contributed by atoms with Gasteiger partial charge < -0.3 is 14.6 Å². The van der Waals surface area contributed by atoms with Crippen LogP contribution in [0.15, 0.2) is 65.2 Å². The summed E-state index contributed by atoms with van der Waals surface area (Å²) in [5.41, 5.74) is 2.26. The number of halogens is 3. The number of carbonyl (C=O) groups excluding carboxylic acids is 1. The smallest absolute Gasteiger partial charge is 0.406 e. The second-order valence-electron chi connectivity index (χ2n) is 6.05. The van der Waals surface area contributed by atoms with Crippen molar-refractivity contribution >= 4 is 5.91 Å². The van der Waals surface area contributed by atoms with E-state index < -0.39 is 12.3 Å². The van der Waals surface area contributed by atoms with Crippen LogP contribution in [0.5, 0.6) is 5.75 Å². The summed E-state index contributed by atoms with van der Waals surface area (Å²) >= 11 is 0. The van der Waals surface area contributed by atoms with Crippen LogP contribution in [-0.4, -0.2) is 17.4 Å². The number of amides is 1. The third-order valence-corrected chi connectivity index (χ3v) is 3.88. The zero-order chi connectivity index (χ0) is 20.0. The van der Waals surface area contributed by atoms with Gasteiger partial charge in [0.1, 0.15) is 5.75 Å². The standard InChI is InChI=1S/C20H17F3N2O3/c21-20(22,23)27-17-8-4-7-15(11-17)13-24-19(26)18-12-16(25-28-18)10-9-14-5-2-1-3-6-14/h1-8,11-12H,9-10,13H2,(H,24,26). The average molecular weight is 390 g/mol. The fourth-order valence-corrected chi connectivity index (χ4v) is 2.58. The van der Waals surface area contributed by atoms with Crippen LogP contribution in [0, 0.1) is 0 Å². The minimum absolute atomic E-state index is 0.0218. The van der Waals surface area contributed by atoms with Gasteiger partial charge in [-0.05, 0) is 36.1 Å². The van der Waals surface area contributed by atoms with Crippen LogP contribution >= 0.6 is 0 Å². The molecule has 1 N–H and O–H groups in total. The van der Waals surface area contributed by atoms with Crippen LogP contribution in [-0.2, 0) is 19.4 Å². The summed E-state index contributed by atoms with van der Waals surface area (Å²) in [5, 5.41) is 6.46. The van der Waals surface area contributed by atoms with Crippen molar-refractivity contribution in [1.82, 2.24) is 10.5 Å². The number of rotatable bonds is 7. The minimum Gasteiger partial charge on any atom is -0.406 e. The molecule has 0 fully saturated rings. The highest BCUT2D eigenvalue weighted by atomic mass is 19.4. The molecule has 146 valence electrons. The lowest BCUT2D eigenvalue weighted by atomic mass is 10.1. The summed E-state index contributed by atoms with van der Waals surface area (Å²) in [6, 6.07) is 16.8. The molecule has 0 aliphatic heterocycles. The summed E-state index contributed by atoms with van der Waals surface area (Å²) in [4.78, 5) is 12.2. The molecule has 0 aliphatic rings. The second kappa shape index (κ2) is 8.60. The largest absolute Gasteiger partial charge is 0.573 e. The first-order valence-electron chi connectivity index (χ1n) is 8.51. The Hall–Kier alpha value is -3.29. The summed E-state index contributed by atoms with van der Waals surface area (Å²) < 4.78 is 45.7. The molecule has 1 aromatic heterocycles. The summed E-state index contributed by atoms with van der Waals surface area (Å²) in [5.74, 6) is -0.798. The molecule has 3 aromatic rings. The Labute approximate surface area is 159 Å². The van der Waals surface area contributed by atoms with Crippen molar-refractivity contribution in [3.8, 4) is 5.75 Å². The van der Waals surface area contributed by atoms with Gasteiger partial charge in [0.2, 0.25) is 5.76 Å². The van der Waals surface area contributed by atoms with Crippen molar-refractivity contribution in [1.29, 1.82) is 0 Å². The van der Waals surface area contributed by atoms with Crippen molar-refractivity contribution in [3.63, 3.8) is 0 Å². The number of hydrogen-bond acceptors (Lipinski definition) is 4. The van der Waals surface area contributed by atoms with Gasteiger partial charge in [0.05, 0.1) is 5.69 Å². The maximum absolute atomic E-state index is 12.3. The van der Waals surface area contributed by atoms with Gasteiger partial charge in [-0.1, -0.05) is 47.6 Å². The predicted octanol–water partition coefficient (Wildman–Crippen LogP) is 4.29. The Morgan fingerprint density at radius 1 is 1.00 bits per heavy atom. The van der Waals surface area contributed by atoms with E-state index in [4.69, 9.17) is 4.52 Å². The Morgan fingerprint density at radius 2 is 1.75 bits per heavy atom. The fraction of sp³-hybridized carbons (Fsp3) is 0.200. The van der Waals surface area contributed by atoms with Crippen LogP contribution in [0.4, 0.5) is 13.2 Å². The van der Waals surface area contributed by atoms with Crippen LogP contribution in [0.2, 0.25) is 0 Å². The highest BCUT2D eigenvalue weighted by Crippen LogP contribution is 2.23. The Balaban J connectivity index is 1.53. The molecule has 0 radical (unpaired) electrons. The van der Waals surface area contributed by atoms with E-state index >= 15 is 0 Å². The van der Waals surface area contributed by atoms with Gasteiger partial charge in [-0.2, -0.15) is 0 Å². The first-order chi connectivity index (χ1) is 13.4. The van der Waals surface area contributed by atoms with Gasteiger partial charge in [-0.3, -0.25) is 4.79 Å². The van der Waals surface area contributed by atoms with Crippen molar-refractivity contribution in [2.75, 3.05) is 0 Å². The SMILES string of the molecule is O=C(NCc1cccc(OC(F)(F)F)c1)c1cc(CCc2ccccc2)no1. The van der Waals surface area contributed by atoms with E-state index in [9.17, 15) is 18.0 Å². The third-order valence-electron chi connectivity index (χ3n) is 3.88. The molecule has 0 saturated carbocycles. The topological polar surface area (TPSA) is 64.4 Å². The van der Waals surface area contributed by atoms with E-state index in [-0.39, 0.29) is 18.1 Å². The number of nitrogens with one attached hydrogen (secondary N) is 1. The van der Waals surface area contributed by atoms with E-state index in [2.05, 4.69) is 15.2 Å². The zero-order valence-corrected chi connectivity index (χ0v) is 14.7. The van der Waals surface area contributed by atoms with Crippen LogP contribution in [0.25, 0.3) is 0 Å². The molecule has 2 aromatic carbocycles. The minimum atomic E-state index is -4.77. The predicted molar refractivity (Wildman–Crippen MR) is 94.6 cm³/mol. The highest BCUT2D eigenvalue weighted by molar-refractivity contribution is 5.91. The van der Waals surface area contributed by atoms with Crippen LogP contribution in [0.3, 0.4) is 0 Å². The third kappa shape index (κ3) is 5.87. The lowest BCUT2D eigenvalue weighted by molar-refractivity contribution is -0.274. The number of benzene rings is 2. The summed E-state index contributed by atoms with van der Waals surface area (Å²) in [6.45, 7) is 0.0218. The normalized spacial score (nSPS) is 11.2. The van der Waals surface area contributed by atoms with Gasteiger partial charge in [0.15, 0.2) is 0 Å². The second-order valence-corrected chi connectivity index (χ2v) is 6.05. The number of hydrogen-bond donors (Lipinski definition) is 1. The van der Waals surface area contributed by atoms with Gasteiger partial charge in [-0.15, -0.1) is 13.2 Å². The molecule has 8 heteroatoms. The molecular formula is C20H17F3N2O3. The zero-order valence-electron chi connectivity index (χ0n) is 14.7. The lowest BCUT2D eigenvalue weighted by Crippen LogP contribution is -2.22. The van der Waals surface area contributed by atoms with Crippen molar-refractivity contribution < 1.29 is 27.2 Å². The lowest BCUT2D eigenvalue weighted by Gasteiger charge is -2.10. The van der Waals surface area contributed by atoms with E-state index in [1.165, 1.54) is 18.2 Å². The molecule has 0 aliphatic carbocycles. The molecule has 5 nitrogen and oxygen atoms in total. The monoisotopic (exact) mass is 390 g/mol. The highest BCUT2D eigenvalue weighted by Gasteiger charge is 2.31. The van der Waals surface area contributed by atoms with Crippen LogP contribution < -0.4 is 10.1 Å². The number of aromatic nitrogens is 1. The van der Waals surface area contributed by atoms with Crippen LogP contribution in [0.1, 0.15) is 27.4 Å². The fourth-order valence-electron chi connectivity index (χ4n) is 2.58. The first kappa shape index (κ1) is 19.5. The number of aryl methyl sites for hydroxylation is 2. The molecule has 0 atom stereocenters. The van der Waals surface area contributed by atoms with Crippen molar-refractivity contribution in [3.05, 3.63) is 83.2 Å². The Kier molecular flexibility index (Phi) is 5.98. The number of nitrogens with zero attached hydrogens (tertiary/aromatic N) is 1. The first-order valence-corrected chi connectivity index (χ1v) is 8.51. The van der Waals surface area contributed by atoms with E-state index in [0.29, 0.717) is 17.7 Å². The van der Waals surface area contributed by atoms with E-state index in [0.717, 1.165) is 12.0 Å². The number of carbonyl (C=O) groups is 1. The summed E-state index contributed by atoms with van der Waals surface area (Å²) in [7, 11) is 0. The molecule has 1 amide bonds. The molecule has 28 heavy (non-hydrogen) atoms. The maximum atomic E-state index is 12.3. The molecule has 0 bridgehead atoms. The van der Waals surface area contributed by atoms with E-state index in [1.54, 1.807) is 12.1 Å². The Morgan fingerprint density at radius 3 is 2.50 bits per heavy atom. The van der Waals surface area contributed by atoms with Gasteiger partial charge >= 0.3 is 6.36 Å².